The highest BCUT2D eigenvalue weighted by atomic mass is 15.2. The molecular weight excluding hydrogens is 170 g/mol. The Kier molecular flexibility index (Phi) is 3.16. The van der Waals surface area contributed by atoms with Gasteiger partial charge < -0.3 is 0 Å². The van der Waals surface area contributed by atoms with Gasteiger partial charge in [0.15, 0.2) is 0 Å². The van der Waals surface area contributed by atoms with Crippen LogP contribution in [0.5, 0.6) is 0 Å². The van der Waals surface area contributed by atoms with E-state index in [2.05, 4.69) is 25.7 Å². The van der Waals surface area contributed by atoms with Gasteiger partial charge in [0.25, 0.3) is 0 Å². The summed E-state index contributed by atoms with van der Waals surface area (Å²) in [5, 5.41) is 0. The molecule has 1 aliphatic heterocycles. The van der Waals surface area contributed by atoms with E-state index >= 15 is 0 Å². The van der Waals surface area contributed by atoms with Crippen LogP contribution in [0, 0.1) is 11.8 Å². The van der Waals surface area contributed by atoms with Crippen LogP contribution in [0.25, 0.3) is 0 Å². The van der Waals surface area contributed by atoms with Crippen molar-refractivity contribution in [1.29, 1.82) is 0 Å². The van der Waals surface area contributed by atoms with E-state index in [1.165, 1.54) is 38.6 Å². The molecule has 1 saturated heterocycles. The summed E-state index contributed by atoms with van der Waals surface area (Å²) in [6.07, 6.45) is 7.35. The summed E-state index contributed by atoms with van der Waals surface area (Å²) >= 11 is 0. The summed E-state index contributed by atoms with van der Waals surface area (Å²) < 4.78 is 0. The summed E-state index contributed by atoms with van der Waals surface area (Å²) in [6, 6.07) is 1.66. The maximum absolute atomic E-state index is 2.76. The minimum absolute atomic E-state index is 0.755. The molecule has 2 aliphatic rings. The molecule has 14 heavy (non-hydrogen) atoms. The van der Waals surface area contributed by atoms with Gasteiger partial charge in [-0.25, -0.2) is 0 Å². The molecule has 0 bridgehead atoms. The van der Waals surface area contributed by atoms with Crippen LogP contribution in [-0.4, -0.2) is 23.5 Å². The van der Waals surface area contributed by atoms with Crippen LogP contribution in [0.15, 0.2) is 0 Å². The highest BCUT2D eigenvalue weighted by molar-refractivity contribution is 4.95. The van der Waals surface area contributed by atoms with Crippen molar-refractivity contribution in [3.8, 4) is 0 Å². The molecule has 1 saturated carbocycles. The summed E-state index contributed by atoms with van der Waals surface area (Å²) in [6.45, 7) is 8.48. The van der Waals surface area contributed by atoms with Gasteiger partial charge in [-0.1, -0.05) is 19.8 Å². The molecule has 1 aliphatic carbocycles. The number of rotatable bonds is 2. The lowest BCUT2D eigenvalue weighted by Gasteiger charge is -2.31. The molecule has 1 nitrogen and oxygen atoms in total. The van der Waals surface area contributed by atoms with E-state index in [0.29, 0.717) is 0 Å². The Morgan fingerprint density at radius 3 is 2.57 bits per heavy atom. The van der Waals surface area contributed by atoms with Crippen molar-refractivity contribution in [2.45, 2.75) is 65.0 Å². The van der Waals surface area contributed by atoms with Gasteiger partial charge in [-0.05, 0) is 44.9 Å². The zero-order valence-corrected chi connectivity index (χ0v) is 10.00. The van der Waals surface area contributed by atoms with Gasteiger partial charge >= 0.3 is 0 Å². The normalized spacial score (nSPS) is 39.0. The monoisotopic (exact) mass is 195 g/mol. The van der Waals surface area contributed by atoms with E-state index in [4.69, 9.17) is 0 Å². The number of fused-ring (bicyclic) bond motifs is 1. The van der Waals surface area contributed by atoms with E-state index in [1.807, 2.05) is 0 Å². The summed E-state index contributed by atoms with van der Waals surface area (Å²) in [4.78, 5) is 2.76. The van der Waals surface area contributed by atoms with Gasteiger partial charge in [-0.2, -0.15) is 0 Å². The molecule has 2 rings (SSSR count). The second-order valence-electron chi connectivity index (χ2n) is 5.47. The van der Waals surface area contributed by atoms with Crippen molar-refractivity contribution in [2.24, 2.45) is 11.8 Å². The zero-order chi connectivity index (χ0) is 10.1. The van der Waals surface area contributed by atoms with Crippen molar-refractivity contribution in [2.75, 3.05) is 6.54 Å². The second-order valence-corrected chi connectivity index (χ2v) is 5.47. The van der Waals surface area contributed by atoms with Crippen LogP contribution in [0.4, 0.5) is 0 Å². The number of nitrogens with zero attached hydrogens (tertiary/aromatic N) is 1. The van der Waals surface area contributed by atoms with E-state index in [0.717, 1.165) is 23.9 Å². The smallest absolute Gasteiger partial charge is 0.0127 e. The predicted molar refractivity (Wildman–Crippen MR) is 61.4 cm³/mol. The Morgan fingerprint density at radius 2 is 1.93 bits per heavy atom. The molecule has 0 aromatic carbocycles. The summed E-state index contributed by atoms with van der Waals surface area (Å²) in [5.74, 6) is 2.08. The molecule has 0 spiro atoms. The third-order valence-corrected chi connectivity index (χ3v) is 4.41. The zero-order valence-electron chi connectivity index (χ0n) is 10.00. The lowest BCUT2D eigenvalue weighted by Crippen LogP contribution is -2.37. The van der Waals surface area contributed by atoms with Crippen molar-refractivity contribution in [3.05, 3.63) is 0 Å². The molecule has 1 heteroatoms. The van der Waals surface area contributed by atoms with Crippen LogP contribution in [0.1, 0.15) is 52.9 Å². The Bertz CT molecular complexity index is 186. The maximum Gasteiger partial charge on any atom is 0.0127 e. The predicted octanol–water partition coefficient (Wildman–Crippen LogP) is 3.30. The molecule has 3 unspecified atom stereocenters. The molecule has 0 radical (unpaired) electrons. The Labute approximate surface area is 88.9 Å². The number of hydrogen-bond acceptors (Lipinski definition) is 1. The largest absolute Gasteiger partial charge is 0.297 e. The first-order chi connectivity index (χ1) is 6.74. The van der Waals surface area contributed by atoms with Crippen molar-refractivity contribution >= 4 is 0 Å². The minimum Gasteiger partial charge on any atom is -0.297 e. The first kappa shape index (κ1) is 10.5. The Balaban J connectivity index is 2.08. The third-order valence-electron chi connectivity index (χ3n) is 4.41. The SMILES string of the molecule is CCC1C2CCCCC2CN1C(C)C. The van der Waals surface area contributed by atoms with Crippen LogP contribution in [-0.2, 0) is 0 Å². The van der Waals surface area contributed by atoms with Gasteiger partial charge in [-0.3, -0.25) is 4.90 Å². The number of likely N-dealkylation sites (tertiary alicyclic amines) is 1. The van der Waals surface area contributed by atoms with Gasteiger partial charge in [0.05, 0.1) is 0 Å². The molecule has 2 fully saturated rings. The molecule has 82 valence electrons. The highest BCUT2D eigenvalue weighted by Gasteiger charge is 2.41. The van der Waals surface area contributed by atoms with Gasteiger partial charge in [0.2, 0.25) is 0 Å². The number of hydrogen-bond donors (Lipinski definition) is 0. The van der Waals surface area contributed by atoms with E-state index in [-0.39, 0.29) is 0 Å². The lowest BCUT2D eigenvalue weighted by molar-refractivity contribution is 0.171. The molecule has 3 atom stereocenters. The summed E-state index contributed by atoms with van der Waals surface area (Å²) in [5.41, 5.74) is 0. The first-order valence-corrected chi connectivity index (χ1v) is 6.49. The average Bonchev–Trinajstić information content (AvgIpc) is 2.56. The van der Waals surface area contributed by atoms with E-state index < -0.39 is 0 Å². The third kappa shape index (κ3) is 1.71. The van der Waals surface area contributed by atoms with E-state index in [1.54, 1.807) is 0 Å². The van der Waals surface area contributed by atoms with E-state index in [9.17, 15) is 0 Å². The first-order valence-electron chi connectivity index (χ1n) is 6.49. The van der Waals surface area contributed by atoms with Gasteiger partial charge in [0.1, 0.15) is 0 Å². The molecular formula is C13H25N. The van der Waals surface area contributed by atoms with Crippen molar-refractivity contribution in [3.63, 3.8) is 0 Å². The average molecular weight is 195 g/mol. The van der Waals surface area contributed by atoms with Gasteiger partial charge in [-0.15, -0.1) is 0 Å². The molecule has 0 N–H and O–H groups in total. The van der Waals surface area contributed by atoms with Gasteiger partial charge in [0, 0.05) is 18.6 Å². The van der Waals surface area contributed by atoms with Crippen LogP contribution >= 0.6 is 0 Å². The summed E-state index contributed by atoms with van der Waals surface area (Å²) in [7, 11) is 0. The highest BCUT2D eigenvalue weighted by Crippen LogP contribution is 2.42. The lowest BCUT2D eigenvalue weighted by atomic mass is 9.78. The van der Waals surface area contributed by atoms with Crippen molar-refractivity contribution < 1.29 is 0 Å². The van der Waals surface area contributed by atoms with Crippen molar-refractivity contribution in [1.82, 2.24) is 4.90 Å². The topological polar surface area (TPSA) is 3.24 Å². The Hall–Kier alpha value is -0.0400. The van der Waals surface area contributed by atoms with Crippen LogP contribution < -0.4 is 0 Å². The minimum atomic E-state index is 0.755. The molecule has 1 heterocycles. The molecule has 0 aromatic heterocycles. The quantitative estimate of drug-likeness (QED) is 0.653. The van der Waals surface area contributed by atoms with Crippen LogP contribution in [0.3, 0.4) is 0 Å². The molecule has 0 amide bonds. The van der Waals surface area contributed by atoms with Crippen LogP contribution in [0.2, 0.25) is 0 Å². The maximum atomic E-state index is 2.76. The second kappa shape index (κ2) is 4.22. The fourth-order valence-electron chi connectivity index (χ4n) is 3.75. The molecule has 0 aromatic rings. The fourth-order valence-corrected chi connectivity index (χ4v) is 3.75. The fraction of sp³-hybridized carbons (Fsp3) is 1.00. The standard InChI is InChI=1S/C13H25N/c1-4-13-12-8-6-5-7-11(12)9-14(13)10(2)3/h10-13H,4-9H2,1-3H3. The Morgan fingerprint density at radius 1 is 1.21 bits per heavy atom.